The molecule has 0 radical (unpaired) electrons. The number of carbonyl (C=O) groups is 1. The number of unbranched alkanes of at least 4 members (excludes halogenated alkanes) is 1. The Hall–Kier alpha value is -0.790. The number of carbonyl (C=O) groups excluding carboxylic acids is 1. The van der Waals surface area contributed by atoms with E-state index in [0.717, 1.165) is 19.3 Å². The molecule has 1 unspecified atom stereocenters. The van der Waals surface area contributed by atoms with E-state index in [0.29, 0.717) is 23.7 Å². The molecular formula is C15H24O2. The molecule has 2 nitrogen and oxygen atoms in total. The minimum atomic E-state index is -0.00273. The van der Waals surface area contributed by atoms with E-state index in [9.17, 15) is 4.79 Å². The van der Waals surface area contributed by atoms with E-state index in [1.165, 1.54) is 5.57 Å². The third kappa shape index (κ3) is 2.02. The molecule has 17 heavy (non-hydrogen) atoms. The van der Waals surface area contributed by atoms with Gasteiger partial charge in [0.1, 0.15) is 6.10 Å². The predicted molar refractivity (Wildman–Crippen MR) is 68.5 cm³/mol. The lowest BCUT2D eigenvalue weighted by Crippen LogP contribution is -2.61. The van der Waals surface area contributed by atoms with E-state index < -0.39 is 0 Å². The Morgan fingerprint density at radius 3 is 2.76 bits per heavy atom. The number of rotatable bonds is 4. The Bertz CT molecular complexity index is 341. The molecule has 3 aliphatic rings. The number of allylic oxidation sites excluding steroid dienone is 1. The molecule has 0 amide bonds. The van der Waals surface area contributed by atoms with Crippen LogP contribution in [0.5, 0.6) is 0 Å². The Morgan fingerprint density at radius 1 is 1.53 bits per heavy atom. The van der Waals surface area contributed by atoms with E-state index in [1.807, 2.05) is 0 Å². The summed E-state index contributed by atoms with van der Waals surface area (Å²) in [4.78, 5) is 11.7. The van der Waals surface area contributed by atoms with Gasteiger partial charge in [0.2, 0.25) is 0 Å². The number of hydrogen-bond acceptors (Lipinski definition) is 2. The molecule has 3 atom stereocenters. The van der Waals surface area contributed by atoms with E-state index in [2.05, 4.69) is 33.8 Å². The molecule has 0 aromatic heterocycles. The fraction of sp³-hybridized carbons (Fsp3) is 0.800. The number of fused-ring (bicyclic) bond motifs is 1. The number of ether oxygens (including phenoxy) is 1. The van der Waals surface area contributed by atoms with Crippen LogP contribution in [0, 0.1) is 17.3 Å². The van der Waals surface area contributed by atoms with Crippen LogP contribution in [-0.2, 0) is 9.53 Å². The Balaban J connectivity index is 1.97. The molecule has 0 heterocycles. The quantitative estimate of drug-likeness (QED) is 0.549. The normalized spacial score (nSPS) is 33.6. The van der Waals surface area contributed by atoms with Crippen molar-refractivity contribution in [2.24, 2.45) is 17.3 Å². The van der Waals surface area contributed by atoms with E-state index in [4.69, 9.17) is 4.74 Å². The van der Waals surface area contributed by atoms with Crippen molar-refractivity contribution in [1.29, 1.82) is 0 Å². The van der Waals surface area contributed by atoms with Crippen LogP contribution in [0.3, 0.4) is 0 Å². The Morgan fingerprint density at radius 2 is 2.24 bits per heavy atom. The first kappa shape index (κ1) is 12.7. The lowest BCUT2D eigenvalue weighted by Gasteiger charge is -2.60. The van der Waals surface area contributed by atoms with Crippen molar-refractivity contribution in [2.75, 3.05) is 0 Å². The highest BCUT2D eigenvalue weighted by molar-refractivity contribution is 5.69. The van der Waals surface area contributed by atoms with Gasteiger partial charge in [0, 0.05) is 18.3 Å². The van der Waals surface area contributed by atoms with Crippen LogP contribution < -0.4 is 0 Å². The molecule has 0 aliphatic heterocycles. The summed E-state index contributed by atoms with van der Waals surface area (Å²) in [5, 5.41) is 0. The minimum absolute atomic E-state index is 0.00273. The number of esters is 1. The molecular weight excluding hydrogens is 212 g/mol. The van der Waals surface area contributed by atoms with Crippen LogP contribution >= 0.6 is 0 Å². The summed E-state index contributed by atoms with van der Waals surface area (Å²) < 4.78 is 5.68. The minimum Gasteiger partial charge on any atom is -0.461 e. The van der Waals surface area contributed by atoms with Gasteiger partial charge in [0.25, 0.3) is 0 Å². The smallest absolute Gasteiger partial charge is 0.306 e. The maximum absolute atomic E-state index is 11.7. The standard InChI is InChI=1S/C15H24O2/c1-5-6-7-12(16)17-14-11-9-8-10(2)13(14)15(11,3)4/h8,11,13-14H,5-7,9H2,1-4H3/t11-,13-,14?/m1/s1. The zero-order chi connectivity index (χ0) is 12.6. The Labute approximate surface area is 104 Å². The molecule has 1 fully saturated rings. The van der Waals surface area contributed by atoms with Crippen LogP contribution in [0.2, 0.25) is 0 Å². The molecule has 0 saturated heterocycles. The van der Waals surface area contributed by atoms with Gasteiger partial charge in [-0.1, -0.05) is 38.8 Å². The van der Waals surface area contributed by atoms with Gasteiger partial charge in [-0.05, 0) is 25.2 Å². The summed E-state index contributed by atoms with van der Waals surface area (Å²) in [5.74, 6) is 0.977. The van der Waals surface area contributed by atoms with Gasteiger partial charge in [0.05, 0.1) is 0 Å². The van der Waals surface area contributed by atoms with Crippen molar-refractivity contribution in [3.05, 3.63) is 11.6 Å². The maximum atomic E-state index is 11.7. The largest absolute Gasteiger partial charge is 0.461 e. The molecule has 3 aliphatic carbocycles. The fourth-order valence-corrected chi connectivity index (χ4v) is 3.60. The van der Waals surface area contributed by atoms with Crippen molar-refractivity contribution >= 4 is 5.97 Å². The van der Waals surface area contributed by atoms with Gasteiger partial charge < -0.3 is 4.74 Å². The van der Waals surface area contributed by atoms with Crippen molar-refractivity contribution < 1.29 is 9.53 Å². The first-order valence-corrected chi connectivity index (χ1v) is 6.84. The molecule has 0 aromatic rings. The van der Waals surface area contributed by atoms with Gasteiger partial charge in [-0.25, -0.2) is 0 Å². The molecule has 1 saturated carbocycles. The van der Waals surface area contributed by atoms with Crippen molar-refractivity contribution in [1.82, 2.24) is 0 Å². The second-order valence-corrected chi connectivity index (χ2v) is 6.15. The van der Waals surface area contributed by atoms with E-state index in [-0.39, 0.29) is 12.1 Å². The zero-order valence-corrected chi connectivity index (χ0v) is 11.5. The SMILES string of the molecule is CCCCC(=O)OC1[C@H]2CC=C(C)[C@H]1C2(C)C. The second-order valence-electron chi connectivity index (χ2n) is 6.15. The first-order chi connectivity index (χ1) is 7.98. The van der Waals surface area contributed by atoms with Crippen LogP contribution in [0.15, 0.2) is 11.6 Å². The van der Waals surface area contributed by atoms with E-state index >= 15 is 0 Å². The van der Waals surface area contributed by atoms with Crippen LogP contribution in [0.4, 0.5) is 0 Å². The molecule has 3 rings (SSSR count). The van der Waals surface area contributed by atoms with Gasteiger partial charge in [-0.2, -0.15) is 0 Å². The molecule has 96 valence electrons. The average molecular weight is 236 g/mol. The summed E-state index contributed by atoms with van der Waals surface area (Å²) in [6.45, 7) is 8.88. The van der Waals surface area contributed by atoms with Gasteiger partial charge in [-0.15, -0.1) is 0 Å². The molecule has 2 bridgehead atoms. The Kier molecular flexibility index (Phi) is 3.33. The topological polar surface area (TPSA) is 26.3 Å². The molecule has 0 aromatic carbocycles. The monoisotopic (exact) mass is 236 g/mol. The summed E-state index contributed by atoms with van der Waals surface area (Å²) in [6, 6.07) is 0. The van der Waals surface area contributed by atoms with E-state index in [1.54, 1.807) is 0 Å². The van der Waals surface area contributed by atoms with Crippen molar-refractivity contribution in [2.45, 2.75) is 59.5 Å². The zero-order valence-electron chi connectivity index (χ0n) is 11.5. The van der Waals surface area contributed by atoms with Gasteiger partial charge in [-0.3, -0.25) is 4.79 Å². The average Bonchev–Trinajstić information content (AvgIpc) is 2.25. The lowest BCUT2D eigenvalue weighted by molar-refractivity contribution is -0.192. The van der Waals surface area contributed by atoms with Gasteiger partial charge in [0.15, 0.2) is 0 Å². The number of hydrogen-bond donors (Lipinski definition) is 0. The highest BCUT2D eigenvalue weighted by Gasteiger charge is 2.60. The summed E-state index contributed by atoms with van der Waals surface area (Å²) >= 11 is 0. The third-order valence-corrected chi connectivity index (χ3v) is 4.67. The third-order valence-electron chi connectivity index (χ3n) is 4.67. The van der Waals surface area contributed by atoms with Crippen molar-refractivity contribution in [3.8, 4) is 0 Å². The molecule has 0 spiro atoms. The molecule has 0 N–H and O–H groups in total. The lowest BCUT2D eigenvalue weighted by atomic mass is 9.47. The highest BCUT2D eigenvalue weighted by atomic mass is 16.5. The highest BCUT2D eigenvalue weighted by Crippen LogP contribution is 2.60. The summed E-state index contributed by atoms with van der Waals surface area (Å²) in [7, 11) is 0. The summed E-state index contributed by atoms with van der Waals surface area (Å²) in [5.41, 5.74) is 1.72. The second kappa shape index (κ2) is 4.47. The van der Waals surface area contributed by atoms with Crippen LogP contribution in [0.25, 0.3) is 0 Å². The van der Waals surface area contributed by atoms with Crippen LogP contribution in [0.1, 0.15) is 53.4 Å². The molecule has 2 heteroatoms. The fourth-order valence-electron chi connectivity index (χ4n) is 3.60. The maximum Gasteiger partial charge on any atom is 0.306 e. The predicted octanol–water partition coefficient (Wildman–Crippen LogP) is 3.71. The van der Waals surface area contributed by atoms with Gasteiger partial charge >= 0.3 is 5.97 Å². The summed E-state index contributed by atoms with van der Waals surface area (Å²) in [6.07, 6.45) is 6.11. The van der Waals surface area contributed by atoms with Crippen molar-refractivity contribution in [3.63, 3.8) is 0 Å². The first-order valence-electron chi connectivity index (χ1n) is 6.84. The van der Waals surface area contributed by atoms with Crippen LogP contribution in [-0.4, -0.2) is 12.1 Å².